The molecule has 25 heavy (non-hydrogen) atoms. The summed E-state index contributed by atoms with van der Waals surface area (Å²) in [5.41, 5.74) is 3.19. The van der Waals surface area contributed by atoms with Crippen LogP contribution in [-0.4, -0.2) is 21.9 Å². The van der Waals surface area contributed by atoms with Crippen molar-refractivity contribution < 1.29 is 15.0 Å². The van der Waals surface area contributed by atoms with E-state index in [9.17, 15) is 9.90 Å². The Morgan fingerprint density at radius 1 is 1.20 bits per heavy atom. The van der Waals surface area contributed by atoms with Gasteiger partial charge in [0.15, 0.2) is 0 Å². The van der Waals surface area contributed by atoms with E-state index < -0.39 is 12.1 Å². The van der Waals surface area contributed by atoms with Crippen molar-refractivity contribution in [3.05, 3.63) is 64.7 Å². The minimum Gasteiger partial charge on any atom is -0.478 e. The molecule has 1 unspecified atom stereocenters. The molecule has 3 rings (SSSR count). The van der Waals surface area contributed by atoms with Gasteiger partial charge in [0.2, 0.25) is 0 Å². The predicted octanol–water partition coefficient (Wildman–Crippen LogP) is 4.24. The molecule has 0 saturated carbocycles. The van der Waals surface area contributed by atoms with Gasteiger partial charge in [0.1, 0.15) is 6.10 Å². The van der Waals surface area contributed by atoms with Crippen LogP contribution >= 0.6 is 11.8 Å². The summed E-state index contributed by atoms with van der Waals surface area (Å²) >= 11 is 1.83. The van der Waals surface area contributed by atoms with Crippen LogP contribution in [0.5, 0.6) is 0 Å². The van der Waals surface area contributed by atoms with Gasteiger partial charge in [-0.05, 0) is 59.0 Å². The highest BCUT2D eigenvalue weighted by Gasteiger charge is 2.28. The van der Waals surface area contributed by atoms with Crippen LogP contribution in [-0.2, 0) is 5.41 Å². The summed E-state index contributed by atoms with van der Waals surface area (Å²) in [6, 6.07) is 12.4. The van der Waals surface area contributed by atoms with Crippen molar-refractivity contribution in [3.63, 3.8) is 0 Å². The largest absolute Gasteiger partial charge is 0.478 e. The summed E-state index contributed by atoms with van der Waals surface area (Å²) in [5, 5.41) is 19.3. The molecule has 3 nitrogen and oxygen atoms in total. The minimum atomic E-state index is -0.964. The molecule has 0 fully saturated rings. The Kier molecular flexibility index (Phi) is 4.89. The summed E-state index contributed by atoms with van der Waals surface area (Å²) in [7, 11) is 0. The van der Waals surface area contributed by atoms with E-state index >= 15 is 0 Å². The van der Waals surface area contributed by atoms with Gasteiger partial charge < -0.3 is 10.2 Å². The van der Waals surface area contributed by atoms with Gasteiger partial charge in [-0.3, -0.25) is 0 Å². The Morgan fingerprint density at radius 3 is 2.60 bits per heavy atom. The van der Waals surface area contributed by atoms with Gasteiger partial charge >= 0.3 is 5.97 Å². The van der Waals surface area contributed by atoms with Gasteiger partial charge in [-0.25, -0.2) is 4.79 Å². The number of rotatable bonds is 2. The number of thioether (sulfide) groups is 1. The second-order valence-electron chi connectivity index (χ2n) is 6.79. The first kappa shape index (κ1) is 17.6. The highest BCUT2D eigenvalue weighted by Crippen LogP contribution is 2.42. The van der Waals surface area contributed by atoms with Crippen LogP contribution in [0.4, 0.5) is 0 Å². The molecule has 0 amide bonds. The molecule has 0 bridgehead atoms. The molecule has 0 radical (unpaired) electrons. The Labute approximate surface area is 152 Å². The lowest BCUT2D eigenvalue weighted by molar-refractivity contribution is 0.0697. The molecular formula is C21H20O3S. The van der Waals surface area contributed by atoms with Gasteiger partial charge in [0.05, 0.1) is 5.56 Å². The third-order valence-electron chi connectivity index (χ3n) is 4.52. The molecule has 0 saturated heterocycles. The SMILES string of the molecule is CC1(C)CCSc2cc(C(O)C#Cc3ccc(C(=O)O)cc3)ccc21. The summed E-state index contributed by atoms with van der Waals surface area (Å²) in [6.07, 6.45) is 0.286. The van der Waals surface area contributed by atoms with Crippen LogP contribution in [0.25, 0.3) is 0 Å². The number of carbonyl (C=O) groups is 1. The second-order valence-corrected chi connectivity index (χ2v) is 7.93. The van der Waals surface area contributed by atoms with Crippen LogP contribution in [0.1, 0.15) is 53.4 Å². The predicted molar refractivity (Wildman–Crippen MR) is 100 cm³/mol. The van der Waals surface area contributed by atoms with Crippen LogP contribution in [0, 0.1) is 11.8 Å². The summed E-state index contributed by atoms with van der Waals surface area (Å²) in [4.78, 5) is 12.1. The maximum atomic E-state index is 10.8. The van der Waals surface area contributed by atoms with E-state index in [1.165, 1.54) is 22.6 Å². The average Bonchev–Trinajstić information content (AvgIpc) is 2.59. The molecular weight excluding hydrogens is 332 g/mol. The normalized spacial score (nSPS) is 16.3. The van der Waals surface area contributed by atoms with Gasteiger partial charge in [-0.2, -0.15) is 0 Å². The fourth-order valence-corrected chi connectivity index (χ4v) is 4.42. The quantitative estimate of drug-likeness (QED) is 0.794. The highest BCUT2D eigenvalue weighted by atomic mass is 32.2. The second kappa shape index (κ2) is 6.95. The number of aromatic carboxylic acids is 1. The molecule has 1 atom stereocenters. The Balaban J connectivity index is 1.80. The van der Waals surface area contributed by atoms with E-state index in [1.54, 1.807) is 12.1 Å². The third-order valence-corrected chi connectivity index (χ3v) is 5.58. The van der Waals surface area contributed by atoms with Crippen LogP contribution in [0.2, 0.25) is 0 Å². The molecule has 2 N–H and O–H groups in total. The first-order chi connectivity index (χ1) is 11.9. The molecule has 128 valence electrons. The Hall–Kier alpha value is -2.22. The molecule has 2 aromatic rings. The van der Waals surface area contributed by atoms with E-state index in [-0.39, 0.29) is 11.0 Å². The third kappa shape index (κ3) is 3.89. The average molecular weight is 352 g/mol. The fraction of sp³-hybridized carbons (Fsp3) is 0.286. The van der Waals surface area contributed by atoms with Crippen molar-refractivity contribution in [2.45, 2.75) is 36.7 Å². The lowest BCUT2D eigenvalue weighted by atomic mass is 9.81. The summed E-state index contributed by atoms with van der Waals surface area (Å²) in [5.74, 6) is 5.87. The summed E-state index contributed by atoms with van der Waals surface area (Å²) < 4.78 is 0. The maximum Gasteiger partial charge on any atom is 0.335 e. The Morgan fingerprint density at radius 2 is 1.92 bits per heavy atom. The van der Waals surface area contributed by atoms with E-state index in [0.717, 1.165) is 17.7 Å². The smallest absolute Gasteiger partial charge is 0.335 e. The molecule has 1 aliphatic rings. The van der Waals surface area contributed by atoms with Crippen molar-refractivity contribution in [2.24, 2.45) is 0 Å². The molecule has 0 aromatic heterocycles. The zero-order valence-electron chi connectivity index (χ0n) is 14.2. The molecule has 0 aliphatic carbocycles. The number of hydrogen-bond acceptors (Lipinski definition) is 3. The first-order valence-electron chi connectivity index (χ1n) is 8.17. The number of carboxylic acid groups (broad SMARTS) is 1. The lowest BCUT2D eigenvalue weighted by Crippen LogP contribution is -2.22. The number of fused-ring (bicyclic) bond motifs is 1. The van der Waals surface area contributed by atoms with Crippen LogP contribution in [0.15, 0.2) is 47.4 Å². The van der Waals surface area contributed by atoms with Crippen molar-refractivity contribution >= 4 is 17.7 Å². The van der Waals surface area contributed by atoms with Crippen LogP contribution < -0.4 is 0 Å². The van der Waals surface area contributed by atoms with E-state index in [0.29, 0.717) is 5.56 Å². The number of aliphatic hydroxyl groups is 1. The van der Waals surface area contributed by atoms with Gasteiger partial charge in [-0.1, -0.05) is 37.8 Å². The van der Waals surface area contributed by atoms with E-state index in [2.05, 4.69) is 31.8 Å². The topological polar surface area (TPSA) is 57.5 Å². The molecule has 0 spiro atoms. The van der Waals surface area contributed by atoms with E-state index in [4.69, 9.17) is 5.11 Å². The molecule has 1 heterocycles. The van der Waals surface area contributed by atoms with Gasteiger partial charge in [-0.15, -0.1) is 11.8 Å². The highest BCUT2D eigenvalue weighted by molar-refractivity contribution is 7.99. The maximum absolute atomic E-state index is 10.8. The lowest BCUT2D eigenvalue weighted by Gasteiger charge is -2.32. The standard InChI is InChI=1S/C21H20O3S/c1-21(2)11-12-25-19-13-16(8-9-17(19)21)18(22)10-5-14-3-6-15(7-4-14)20(23)24/h3-4,6-9,13,18,22H,11-12H2,1-2H3,(H,23,24). The Bertz CT molecular complexity index is 857. The fourth-order valence-electron chi connectivity index (χ4n) is 2.87. The van der Waals surface area contributed by atoms with Gasteiger partial charge in [0.25, 0.3) is 0 Å². The van der Waals surface area contributed by atoms with Crippen LogP contribution in [0.3, 0.4) is 0 Å². The monoisotopic (exact) mass is 352 g/mol. The molecule has 2 aromatic carbocycles. The zero-order chi connectivity index (χ0) is 18.0. The zero-order valence-corrected chi connectivity index (χ0v) is 15.1. The number of benzene rings is 2. The van der Waals surface area contributed by atoms with Crippen molar-refractivity contribution in [1.29, 1.82) is 0 Å². The van der Waals surface area contributed by atoms with Crippen molar-refractivity contribution in [3.8, 4) is 11.8 Å². The first-order valence-corrected chi connectivity index (χ1v) is 9.15. The van der Waals surface area contributed by atoms with Crippen molar-refractivity contribution in [2.75, 3.05) is 5.75 Å². The van der Waals surface area contributed by atoms with E-state index in [1.807, 2.05) is 23.9 Å². The molecule has 4 heteroatoms. The van der Waals surface area contributed by atoms with Gasteiger partial charge in [0, 0.05) is 10.5 Å². The number of hydrogen-bond donors (Lipinski definition) is 2. The summed E-state index contributed by atoms with van der Waals surface area (Å²) in [6.45, 7) is 4.50. The molecule has 1 aliphatic heterocycles. The number of carboxylic acids is 1. The number of aliphatic hydroxyl groups excluding tert-OH is 1. The minimum absolute atomic E-state index is 0.168. The van der Waals surface area contributed by atoms with Crippen molar-refractivity contribution in [1.82, 2.24) is 0 Å².